The molecule has 168 valence electrons. The number of nitrogens with two attached hydrogens (primary N) is 1. The van der Waals surface area contributed by atoms with Crippen LogP contribution in [0.4, 0.5) is 0 Å². The zero-order valence-electron chi connectivity index (χ0n) is 17.6. The highest BCUT2D eigenvalue weighted by atomic mass is 16.3. The Bertz CT molecular complexity index is 1160. The summed E-state index contributed by atoms with van der Waals surface area (Å²) in [6.07, 6.45) is -0.350. The Morgan fingerprint density at radius 1 is 1.16 bits per heavy atom. The average Bonchev–Trinajstić information content (AvgIpc) is 2.68. The highest BCUT2D eigenvalue weighted by Crippen LogP contribution is 2.52. The molecule has 1 aromatic carbocycles. The van der Waals surface area contributed by atoms with Crippen LogP contribution in [0.2, 0.25) is 0 Å². The number of ketones is 4. The minimum absolute atomic E-state index is 0.0596. The van der Waals surface area contributed by atoms with Crippen molar-refractivity contribution in [1.82, 2.24) is 4.90 Å². The van der Waals surface area contributed by atoms with Gasteiger partial charge in [0.05, 0.1) is 17.2 Å². The second-order valence-electron chi connectivity index (χ2n) is 8.87. The van der Waals surface area contributed by atoms with Crippen molar-refractivity contribution in [3.63, 3.8) is 0 Å². The fourth-order valence-electron chi connectivity index (χ4n) is 5.36. The number of Topliss-reactive ketones (excluding diaryl/α,β-unsaturated/α-hetero) is 4. The molecular formula is C22H22N2O8. The molecule has 0 radical (unpaired) electrons. The second kappa shape index (κ2) is 6.64. The molecule has 0 bridgehead atoms. The fraction of sp³-hybridized carbons (Fsp3) is 0.409. The molecule has 3 aliphatic rings. The van der Waals surface area contributed by atoms with Crippen LogP contribution in [0, 0.1) is 11.8 Å². The number of carbonyl (C=O) groups is 5. The lowest BCUT2D eigenvalue weighted by atomic mass is 9.55. The van der Waals surface area contributed by atoms with Crippen LogP contribution in [0.3, 0.4) is 0 Å². The lowest BCUT2D eigenvalue weighted by Crippen LogP contribution is -2.72. The molecule has 32 heavy (non-hydrogen) atoms. The summed E-state index contributed by atoms with van der Waals surface area (Å²) in [7, 11) is 2.95. The van der Waals surface area contributed by atoms with E-state index in [2.05, 4.69) is 0 Å². The smallest absolute Gasteiger partial charge is 0.235 e. The van der Waals surface area contributed by atoms with Crippen molar-refractivity contribution in [2.75, 3.05) is 14.1 Å². The lowest BCUT2D eigenvalue weighted by Gasteiger charge is -2.51. The molecule has 10 nitrogen and oxygen atoms in total. The Hall–Kier alpha value is -3.21. The molecule has 1 amide bonds. The van der Waals surface area contributed by atoms with Crippen molar-refractivity contribution in [2.24, 2.45) is 17.6 Å². The first-order chi connectivity index (χ1) is 14.8. The summed E-state index contributed by atoms with van der Waals surface area (Å²) in [5, 5.41) is 33.0. The summed E-state index contributed by atoms with van der Waals surface area (Å²) in [5.74, 6) is -9.74. The monoisotopic (exact) mass is 442 g/mol. The number of phenolic OH excluding ortho intramolecular Hbond substituents is 1. The van der Waals surface area contributed by atoms with Gasteiger partial charge in [0.15, 0.2) is 23.1 Å². The van der Waals surface area contributed by atoms with Gasteiger partial charge in [0, 0.05) is 11.5 Å². The van der Waals surface area contributed by atoms with E-state index in [9.17, 15) is 39.3 Å². The number of fused-ring (bicyclic) bond motifs is 2. The number of primary amides is 1. The molecule has 1 saturated carbocycles. The van der Waals surface area contributed by atoms with Crippen LogP contribution in [0.25, 0.3) is 0 Å². The van der Waals surface area contributed by atoms with Crippen molar-refractivity contribution < 1.29 is 39.3 Å². The number of rotatable bonds is 2. The maximum atomic E-state index is 13.6. The molecule has 1 aromatic rings. The van der Waals surface area contributed by atoms with E-state index in [-0.39, 0.29) is 23.1 Å². The highest BCUT2D eigenvalue weighted by Gasteiger charge is 2.68. The maximum Gasteiger partial charge on any atom is 0.235 e. The van der Waals surface area contributed by atoms with E-state index in [0.29, 0.717) is 0 Å². The van der Waals surface area contributed by atoms with E-state index < -0.39 is 69.4 Å². The van der Waals surface area contributed by atoms with Crippen molar-refractivity contribution in [3.8, 4) is 5.75 Å². The normalized spacial score (nSPS) is 34.4. The molecule has 5 N–H and O–H groups in total. The van der Waals surface area contributed by atoms with Crippen LogP contribution in [-0.4, -0.2) is 75.0 Å². The predicted molar refractivity (Wildman–Crippen MR) is 107 cm³/mol. The number of nitrogens with zero attached hydrogens (tertiary/aromatic N) is 1. The topological polar surface area (TPSA) is 175 Å². The van der Waals surface area contributed by atoms with Crippen molar-refractivity contribution in [2.45, 2.75) is 30.6 Å². The summed E-state index contributed by atoms with van der Waals surface area (Å²) in [4.78, 5) is 66.2. The number of phenols is 1. The molecule has 3 aliphatic carbocycles. The Labute approximate surface area is 182 Å². The molecule has 1 fully saturated rings. The van der Waals surface area contributed by atoms with E-state index in [1.54, 1.807) is 0 Å². The van der Waals surface area contributed by atoms with Crippen molar-refractivity contribution in [3.05, 3.63) is 40.5 Å². The molecule has 0 saturated heterocycles. The van der Waals surface area contributed by atoms with E-state index >= 15 is 0 Å². The summed E-state index contributed by atoms with van der Waals surface area (Å²) >= 11 is 0. The SMILES string of the molecule is CN(C)[C@@H]1C(=O)C(C(N)=O)C(=O)[C@@]2(O)C(=O)C3=C(C[C@@H]12)[C@](C)(O)c1cccc(O)c1C3=O. The van der Waals surface area contributed by atoms with Gasteiger partial charge in [-0.2, -0.15) is 0 Å². The van der Waals surface area contributed by atoms with Gasteiger partial charge in [-0.25, -0.2) is 0 Å². The average molecular weight is 442 g/mol. The van der Waals surface area contributed by atoms with E-state index in [0.717, 1.165) is 0 Å². The van der Waals surface area contributed by atoms with Crippen molar-refractivity contribution in [1.29, 1.82) is 0 Å². The lowest BCUT2D eigenvalue weighted by molar-refractivity contribution is -0.173. The number of hydrogen-bond acceptors (Lipinski definition) is 9. The third-order valence-electron chi connectivity index (χ3n) is 6.88. The number of carbonyl (C=O) groups excluding carboxylic acids is 5. The van der Waals surface area contributed by atoms with E-state index in [1.807, 2.05) is 0 Å². The van der Waals surface area contributed by atoms with Crippen LogP contribution >= 0.6 is 0 Å². The number of benzene rings is 1. The third-order valence-corrected chi connectivity index (χ3v) is 6.88. The first kappa shape index (κ1) is 22.0. The van der Waals surface area contributed by atoms with E-state index in [4.69, 9.17) is 5.73 Å². The fourth-order valence-corrected chi connectivity index (χ4v) is 5.36. The van der Waals surface area contributed by atoms with Crippen LogP contribution in [0.1, 0.15) is 29.3 Å². The van der Waals surface area contributed by atoms with Crippen molar-refractivity contribution >= 4 is 29.0 Å². The second-order valence-corrected chi connectivity index (χ2v) is 8.87. The summed E-state index contributed by atoms with van der Waals surface area (Å²) in [5.41, 5.74) is -0.493. The molecule has 4 rings (SSSR count). The molecule has 0 spiro atoms. The van der Waals surface area contributed by atoms with Gasteiger partial charge in [-0.05, 0) is 39.1 Å². The van der Waals surface area contributed by atoms with Gasteiger partial charge < -0.3 is 21.1 Å². The largest absolute Gasteiger partial charge is 0.507 e. The van der Waals surface area contributed by atoms with Gasteiger partial charge in [-0.15, -0.1) is 0 Å². The minimum atomic E-state index is -2.88. The highest BCUT2D eigenvalue weighted by molar-refractivity contribution is 6.39. The Balaban J connectivity index is 2.00. The van der Waals surface area contributed by atoms with Gasteiger partial charge in [0.2, 0.25) is 17.5 Å². The molecule has 0 aromatic heterocycles. The van der Waals surface area contributed by atoms with Gasteiger partial charge in [-0.3, -0.25) is 28.9 Å². The zero-order valence-corrected chi connectivity index (χ0v) is 17.6. The summed E-state index contributed by atoms with van der Waals surface area (Å²) in [6, 6.07) is 2.80. The predicted octanol–water partition coefficient (Wildman–Crippen LogP) is -1.40. The minimum Gasteiger partial charge on any atom is -0.507 e. The molecule has 0 heterocycles. The first-order valence-corrected chi connectivity index (χ1v) is 9.92. The van der Waals surface area contributed by atoms with Gasteiger partial charge >= 0.3 is 0 Å². The van der Waals surface area contributed by atoms with Gasteiger partial charge in [0.25, 0.3) is 0 Å². The molecule has 10 heteroatoms. The number of aliphatic hydroxyl groups is 2. The van der Waals surface area contributed by atoms with Crippen LogP contribution in [0.5, 0.6) is 5.75 Å². The Kier molecular flexibility index (Phi) is 4.57. The zero-order chi connectivity index (χ0) is 23.9. The maximum absolute atomic E-state index is 13.6. The van der Waals surface area contributed by atoms with Gasteiger partial charge in [-0.1, -0.05) is 12.1 Å². The Morgan fingerprint density at radius 2 is 1.78 bits per heavy atom. The standard InChI is InChI=1S/C22H22N2O8/c1-21(31)8-5-4-6-11(25)12(8)16(26)13-9(21)7-10-15(24(2)3)17(27)14(20(23)30)19(29)22(10,32)18(13)28/h4-6,10,14-15,25,31-32H,7H2,1-3H3,(H2,23,30)/t10-,14?,15-,21+,22-/m0/s1. The number of amides is 1. The summed E-state index contributed by atoms with van der Waals surface area (Å²) in [6.45, 7) is 1.33. The number of likely N-dealkylation sites (N-methyl/N-ethyl adjacent to an activating group) is 1. The number of hydrogen-bond donors (Lipinski definition) is 4. The molecular weight excluding hydrogens is 420 g/mol. The van der Waals surface area contributed by atoms with Crippen LogP contribution in [0.15, 0.2) is 29.3 Å². The third kappa shape index (κ3) is 2.48. The van der Waals surface area contributed by atoms with Gasteiger partial charge in [0.1, 0.15) is 11.4 Å². The molecule has 5 atom stereocenters. The molecule has 0 aliphatic heterocycles. The van der Waals surface area contributed by atoms with E-state index in [1.165, 1.54) is 44.1 Å². The van der Waals surface area contributed by atoms with Crippen LogP contribution in [-0.2, 0) is 24.8 Å². The first-order valence-electron chi connectivity index (χ1n) is 9.92. The number of aromatic hydroxyl groups is 1. The molecule has 1 unspecified atom stereocenters. The Morgan fingerprint density at radius 3 is 2.34 bits per heavy atom. The van der Waals surface area contributed by atoms with Crippen LogP contribution < -0.4 is 5.73 Å². The quantitative estimate of drug-likeness (QED) is 0.317. The summed E-state index contributed by atoms with van der Waals surface area (Å²) < 4.78 is 0.